The Kier molecular flexibility index (Phi) is 5.03. The van der Waals surface area contributed by atoms with Crippen molar-refractivity contribution in [2.45, 2.75) is 13.3 Å². The van der Waals surface area contributed by atoms with Crippen LogP contribution in [-0.2, 0) is 6.42 Å². The summed E-state index contributed by atoms with van der Waals surface area (Å²) in [6.45, 7) is 5.50. The molecule has 1 fully saturated rings. The molecule has 2 rings (SSSR count). The molecule has 0 aromatic heterocycles. The average molecular weight is 263 g/mol. The number of rotatable bonds is 4. The topological polar surface area (TPSA) is 53.6 Å². The molecule has 2 N–H and O–H groups in total. The summed E-state index contributed by atoms with van der Waals surface area (Å²) in [5.74, 6) is 0.839. The maximum Gasteiger partial charge on any atom is 0.320 e. The first-order valence-electron chi connectivity index (χ1n) is 6.75. The molecule has 1 aliphatic heterocycles. The first-order valence-corrected chi connectivity index (χ1v) is 6.75. The van der Waals surface area contributed by atoms with E-state index < -0.39 is 0 Å². The number of nitrogens with one attached hydrogen (secondary N) is 2. The Balaban J connectivity index is 1.78. The average Bonchev–Trinajstić information content (AvgIpc) is 2.48. The van der Waals surface area contributed by atoms with Gasteiger partial charge in [-0.15, -0.1) is 0 Å². The Morgan fingerprint density at radius 2 is 2.11 bits per heavy atom. The summed E-state index contributed by atoms with van der Waals surface area (Å²) in [4.78, 5) is 13.6. The van der Waals surface area contributed by atoms with Gasteiger partial charge in [-0.25, -0.2) is 4.79 Å². The van der Waals surface area contributed by atoms with Gasteiger partial charge >= 0.3 is 6.03 Å². The Labute approximate surface area is 113 Å². The lowest BCUT2D eigenvalue weighted by Gasteiger charge is -2.27. The molecule has 0 atom stereocenters. The van der Waals surface area contributed by atoms with Gasteiger partial charge in [0.05, 0.1) is 0 Å². The van der Waals surface area contributed by atoms with E-state index in [1.54, 1.807) is 4.90 Å². The van der Waals surface area contributed by atoms with Crippen molar-refractivity contribution in [3.05, 3.63) is 29.8 Å². The van der Waals surface area contributed by atoms with E-state index in [0.29, 0.717) is 0 Å². The van der Waals surface area contributed by atoms with Crippen molar-refractivity contribution in [2.75, 3.05) is 32.9 Å². The van der Waals surface area contributed by atoms with E-state index in [1.165, 1.54) is 0 Å². The summed E-state index contributed by atoms with van der Waals surface area (Å²) in [6, 6.07) is 7.83. The lowest BCUT2D eigenvalue weighted by molar-refractivity contribution is 0.177. The van der Waals surface area contributed by atoms with Gasteiger partial charge in [-0.2, -0.15) is 0 Å². The minimum absolute atomic E-state index is 0.0597. The van der Waals surface area contributed by atoms with E-state index in [0.717, 1.165) is 43.9 Å². The van der Waals surface area contributed by atoms with E-state index in [4.69, 9.17) is 4.74 Å². The van der Waals surface area contributed by atoms with Crippen molar-refractivity contribution in [1.82, 2.24) is 15.5 Å². The first kappa shape index (κ1) is 13.7. The van der Waals surface area contributed by atoms with Crippen molar-refractivity contribution in [3.63, 3.8) is 0 Å². The number of aryl methyl sites for hydroxylation is 1. The fourth-order valence-corrected chi connectivity index (χ4v) is 2.09. The highest BCUT2D eigenvalue weighted by molar-refractivity contribution is 5.74. The van der Waals surface area contributed by atoms with Crippen LogP contribution in [0.25, 0.3) is 0 Å². The number of ether oxygens (including phenoxy) is 1. The molecule has 0 aliphatic carbocycles. The van der Waals surface area contributed by atoms with Gasteiger partial charge in [0.15, 0.2) is 6.73 Å². The fraction of sp³-hybridized carbons (Fsp3) is 0.500. The first-order chi connectivity index (χ1) is 9.31. The van der Waals surface area contributed by atoms with Crippen LogP contribution in [0.5, 0.6) is 5.75 Å². The van der Waals surface area contributed by atoms with Crippen LogP contribution >= 0.6 is 0 Å². The zero-order chi connectivity index (χ0) is 13.5. The molecule has 2 amide bonds. The SMILES string of the molecule is CCc1ccccc1OCNC(=O)N1CCNCC1. The number of hydrogen-bond acceptors (Lipinski definition) is 3. The smallest absolute Gasteiger partial charge is 0.320 e. The highest BCUT2D eigenvalue weighted by Crippen LogP contribution is 2.17. The molecular formula is C14H21N3O2. The van der Waals surface area contributed by atoms with Crippen LogP contribution in [-0.4, -0.2) is 43.8 Å². The summed E-state index contributed by atoms with van der Waals surface area (Å²) in [6.07, 6.45) is 0.919. The maximum atomic E-state index is 11.8. The zero-order valence-electron chi connectivity index (χ0n) is 11.3. The third-order valence-electron chi connectivity index (χ3n) is 3.21. The van der Waals surface area contributed by atoms with Gasteiger partial charge in [0, 0.05) is 26.2 Å². The number of amides is 2. The molecule has 0 saturated carbocycles. The molecule has 5 nitrogen and oxygen atoms in total. The number of para-hydroxylation sites is 1. The third-order valence-corrected chi connectivity index (χ3v) is 3.21. The van der Waals surface area contributed by atoms with Crippen LogP contribution in [0.1, 0.15) is 12.5 Å². The van der Waals surface area contributed by atoms with Crippen molar-refractivity contribution >= 4 is 6.03 Å². The number of nitrogens with zero attached hydrogens (tertiary/aromatic N) is 1. The van der Waals surface area contributed by atoms with Crippen LogP contribution in [0.2, 0.25) is 0 Å². The van der Waals surface area contributed by atoms with Crippen LogP contribution in [0, 0.1) is 0 Å². The van der Waals surface area contributed by atoms with Crippen LogP contribution in [0.4, 0.5) is 4.79 Å². The molecule has 5 heteroatoms. The fourth-order valence-electron chi connectivity index (χ4n) is 2.09. The molecule has 1 aromatic carbocycles. The molecule has 0 unspecified atom stereocenters. The predicted molar refractivity (Wildman–Crippen MR) is 74.3 cm³/mol. The largest absolute Gasteiger partial charge is 0.473 e. The number of urea groups is 1. The van der Waals surface area contributed by atoms with E-state index in [1.807, 2.05) is 24.3 Å². The van der Waals surface area contributed by atoms with Gasteiger partial charge < -0.3 is 20.3 Å². The number of carbonyl (C=O) groups excluding carboxylic acids is 1. The van der Waals surface area contributed by atoms with Gasteiger partial charge in [-0.05, 0) is 18.1 Å². The normalized spacial score (nSPS) is 15.1. The highest BCUT2D eigenvalue weighted by atomic mass is 16.5. The van der Waals surface area contributed by atoms with E-state index in [9.17, 15) is 4.79 Å². The summed E-state index contributed by atoms with van der Waals surface area (Å²) < 4.78 is 5.62. The van der Waals surface area contributed by atoms with Gasteiger partial charge in [-0.3, -0.25) is 0 Å². The maximum absolute atomic E-state index is 11.8. The Bertz CT molecular complexity index is 417. The number of carbonyl (C=O) groups is 1. The molecule has 0 spiro atoms. The van der Waals surface area contributed by atoms with E-state index in [2.05, 4.69) is 17.6 Å². The van der Waals surface area contributed by atoms with Crippen molar-refractivity contribution in [1.29, 1.82) is 0 Å². The standard InChI is InChI=1S/C14H21N3O2/c1-2-12-5-3-4-6-13(12)19-11-16-14(18)17-9-7-15-8-10-17/h3-6,15H,2,7-11H2,1H3,(H,16,18). The van der Waals surface area contributed by atoms with Crippen LogP contribution in [0.15, 0.2) is 24.3 Å². The third kappa shape index (κ3) is 3.86. The summed E-state index contributed by atoms with van der Waals surface area (Å²) in [5.41, 5.74) is 1.15. The minimum Gasteiger partial charge on any atom is -0.473 e. The molecule has 104 valence electrons. The summed E-state index contributed by atoms with van der Waals surface area (Å²) in [7, 11) is 0. The Morgan fingerprint density at radius 3 is 2.84 bits per heavy atom. The second-order valence-corrected chi connectivity index (χ2v) is 4.47. The second kappa shape index (κ2) is 6.99. The second-order valence-electron chi connectivity index (χ2n) is 4.47. The summed E-state index contributed by atoms with van der Waals surface area (Å²) >= 11 is 0. The van der Waals surface area contributed by atoms with Gasteiger partial charge in [0.1, 0.15) is 5.75 Å². The number of hydrogen-bond donors (Lipinski definition) is 2. The van der Waals surface area contributed by atoms with E-state index >= 15 is 0 Å². The molecule has 1 aliphatic rings. The lowest BCUT2D eigenvalue weighted by atomic mass is 10.1. The predicted octanol–water partition coefficient (Wildman–Crippen LogP) is 1.20. The van der Waals surface area contributed by atoms with Crippen LogP contribution < -0.4 is 15.4 Å². The molecule has 19 heavy (non-hydrogen) atoms. The van der Waals surface area contributed by atoms with E-state index in [-0.39, 0.29) is 12.8 Å². The monoisotopic (exact) mass is 263 g/mol. The van der Waals surface area contributed by atoms with Crippen molar-refractivity contribution < 1.29 is 9.53 Å². The van der Waals surface area contributed by atoms with Crippen LogP contribution in [0.3, 0.4) is 0 Å². The number of piperazine rings is 1. The molecular weight excluding hydrogens is 242 g/mol. The zero-order valence-corrected chi connectivity index (χ0v) is 11.3. The minimum atomic E-state index is -0.0597. The Morgan fingerprint density at radius 1 is 1.37 bits per heavy atom. The molecule has 1 saturated heterocycles. The van der Waals surface area contributed by atoms with Crippen molar-refractivity contribution in [2.24, 2.45) is 0 Å². The number of benzene rings is 1. The lowest BCUT2D eigenvalue weighted by Crippen LogP contribution is -2.50. The molecule has 0 bridgehead atoms. The summed E-state index contributed by atoms with van der Waals surface area (Å²) in [5, 5.41) is 6.00. The molecule has 1 aromatic rings. The molecule has 1 heterocycles. The quantitative estimate of drug-likeness (QED) is 0.803. The van der Waals surface area contributed by atoms with Gasteiger partial charge in [0.2, 0.25) is 0 Å². The molecule has 0 radical (unpaired) electrons. The Hall–Kier alpha value is -1.75. The van der Waals surface area contributed by atoms with Crippen molar-refractivity contribution in [3.8, 4) is 5.75 Å². The highest BCUT2D eigenvalue weighted by Gasteiger charge is 2.15. The van der Waals surface area contributed by atoms with Gasteiger partial charge in [-0.1, -0.05) is 25.1 Å². The van der Waals surface area contributed by atoms with Gasteiger partial charge in [0.25, 0.3) is 0 Å².